The van der Waals surface area contributed by atoms with Gasteiger partial charge >= 0.3 is 0 Å². The van der Waals surface area contributed by atoms with Crippen LogP contribution in [-0.2, 0) is 0 Å². The molecule has 0 aromatic heterocycles. The van der Waals surface area contributed by atoms with Crippen molar-refractivity contribution in [3.63, 3.8) is 0 Å². The molecule has 0 radical (unpaired) electrons. The highest BCUT2D eigenvalue weighted by Gasteiger charge is 2.13. The van der Waals surface area contributed by atoms with Crippen LogP contribution in [0.15, 0.2) is 48.1 Å². The van der Waals surface area contributed by atoms with Crippen molar-refractivity contribution in [3.8, 4) is 23.0 Å². The van der Waals surface area contributed by atoms with E-state index in [1.807, 2.05) is 32.9 Å². The van der Waals surface area contributed by atoms with E-state index in [9.17, 15) is 4.79 Å². The van der Waals surface area contributed by atoms with Crippen LogP contribution in [0.1, 0.15) is 43.1 Å². The van der Waals surface area contributed by atoms with Gasteiger partial charge in [0.1, 0.15) is 6.61 Å². The highest BCUT2D eigenvalue weighted by Crippen LogP contribution is 2.34. The van der Waals surface area contributed by atoms with E-state index < -0.39 is 0 Å². The lowest BCUT2D eigenvalue weighted by Gasteiger charge is -2.13. The first-order valence-corrected chi connectivity index (χ1v) is 11.5. The van der Waals surface area contributed by atoms with Crippen LogP contribution >= 0.6 is 22.6 Å². The number of hydrazone groups is 1. The van der Waals surface area contributed by atoms with Gasteiger partial charge in [-0.15, -0.1) is 0 Å². The molecule has 0 aliphatic heterocycles. The smallest absolute Gasteiger partial charge is 0.271 e. The molecule has 32 heavy (non-hydrogen) atoms. The second-order valence-electron chi connectivity index (χ2n) is 6.50. The maximum atomic E-state index is 12.5. The molecule has 2 rings (SSSR count). The van der Waals surface area contributed by atoms with Crippen LogP contribution in [0, 0.1) is 3.57 Å². The summed E-state index contributed by atoms with van der Waals surface area (Å²) in [6.07, 6.45) is 4.12. The topological polar surface area (TPSA) is 78.4 Å². The third kappa shape index (κ3) is 7.44. The Bertz CT molecular complexity index is 946. The van der Waals surface area contributed by atoms with Crippen LogP contribution < -0.4 is 24.4 Å². The minimum absolute atomic E-state index is 0.352. The average molecular weight is 552 g/mol. The third-order valence-electron chi connectivity index (χ3n) is 4.02. The number of hydrogen-bond donors (Lipinski definition) is 1. The fourth-order valence-electron chi connectivity index (χ4n) is 2.69. The lowest BCUT2D eigenvalue weighted by atomic mass is 10.2. The Balaban J connectivity index is 2.14. The van der Waals surface area contributed by atoms with Crippen molar-refractivity contribution in [2.24, 2.45) is 5.10 Å². The number of benzene rings is 2. The van der Waals surface area contributed by atoms with Crippen LogP contribution in [0.2, 0.25) is 0 Å². The van der Waals surface area contributed by atoms with Gasteiger partial charge in [-0.2, -0.15) is 5.10 Å². The molecule has 0 aliphatic rings. The Kier molecular flexibility index (Phi) is 10.9. The summed E-state index contributed by atoms with van der Waals surface area (Å²) >= 11 is 2.18. The summed E-state index contributed by atoms with van der Waals surface area (Å²) in [7, 11) is 0. The highest BCUT2D eigenvalue weighted by molar-refractivity contribution is 14.1. The fraction of sp³-hybridized carbons (Fsp3) is 0.333. The van der Waals surface area contributed by atoms with E-state index in [1.54, 1.807) is 30.5 Å². The molecule has 2 aromatic rings. The lowest BCUT2D eigenvalue weighted by molar-refractivity contribution is 0.0954. The Morgan fingerprint density at radius 1 is 1.03 bits per heavy atom. The quantitative estimate of drug-likeness (QED) is 0.160. The molecular weight excluding hydrogens is 523 g/mol. The molecule has 0 heterocycles. The number of halogens is 1. The van der Waals surface area contributed by atoms with Crippen molar-refractivity contribution < 1.29 is 23.7 Å². The second kappa shape index (κ2) is 13.6. The maximum Gasteiger partial charge on any atom is 0.271 e. The van der Waals surface area contributed by atoms with E-state index in [2.05, 4.69) is 39.7 Å². The number of rotatable bonds is 13. The zero-order chi connectivity index (χ0) is 23.3. The summed E-state index contributed by atoms with van der Waals surface area (Å²) in [4.78, 5) is 12.5. The van der Waals surface area contributed by atoms with Crippen molar-refractivity contribution in [2.75, 3.05) is 26.4 Å². The van der Waals surface area contributed by atoms with Crippen molar-refractivity contribution >= 4 is 34.7 Å². The number of amides is 1. The van der Waals surface area contributed by atoms with Gasteiger partial charge < -0.3 is 18.9 Å². The van der Waals surface area contributed by atoms with E-state index in [0.29, 0.717) is 55.0 Å². The average Bonchev–Trinajstić information content (AvgIpc) is 2.78. The van der Waals surface area contributed by atoms with Gasteiger partial charge in [-0.05, 0) is 78.8 Å². The largest absolute Gasteiger partial charge is 0.490 e. The van der Waals surface area contributed by atoms with Crippen molar-refractivity contribution in [1.82, 2.24) is 5.43 Å². The SMILES string of the molecule is C=CCOc1c(I)cc(/C=N/NC(=O)c2ccc(OCCC)c(OCC)c2)cc1OCC. The predicted molar refractivity (Wildman–Crippen MR) is 134 cm³/mol. The summed E-state index contributed by atoms with van der Waals surface area (Å²) in [5.41, 5.74) is 3.74. The number of hydrogen-bond acceptors (Lipinski definition) is 6. The molecule has 0 unspecified atom stereocenters. The van der Waals surface area contributed by atoms with Crippen LogP contribution in [0.25, 0.3) is 0 Å². The molecule has 0 spiro atoms. The maximum absolute atomic E-state index is 12.5. The van der Waals surface area contributed by atoms with Crippen LogP contribution in [0.5, 0.6) is 23.0 Å². The first-order chi connectivity index (χ1) is 15.5. The summed E-state index contributed by atoms with van der Waals surface area (Å²) in [5.74, 6) is 2.06. The molecule has 0 saturated heterocycles. The number of ether oxygens (including phenoxy) is 4. The van der Waals surface area contributed by atoms with Gasteiger partial charge in [0.2, 0.25) is 0 Å². The van der Waals surface area contributed by atoms with E-state index >= 15 is 0 Å². The molecule has 7 nitrogen and oxygen atoms in total. The minimum atomic E-state index is -0.352. The van der Waals surface area contributed by atoms with Crippen molar-refractivity contribution in [2.45, 2.75) is 27.2 Å². The van der Waals surface area contributed by atoms with Crippen LogP contribution in [0.4, 0.5) is 0 Å². The van der Waals surface area contributed by atoms with Crippen molar-refractivity contribution in [1.29, 1.82) is 0 Å². The molecule has 0 fully saturated rings. The van der Waals surface area contributed by atoms with Crippen LogP contribution in [-0.4, -0.2) is 38.5 Å². The molecule has 1 N–H and O–H groups in total. The van der Waals surface area contributed by atoms with Gasteiger partial charge in [0.05, 0.1) is 29.6 Å². The molecule has 0 aliphatic carbocycles. The third-order valence-corrected chi connectivity index (χ3v) is 4.83. The molecule has 0 saturated carbocycles. The highest BCUT2D eigenvalue weighted by atomic mass is 127. The zero-order valence-electron chi connectivity index (χ0n) is 18.7. The normalized spacial score (nSPS) is 10.6. The molecule has 0 bridgehead atoms. The van der Waals surface area contributed by atoms with E-state index in [4.69, 9.17) is 18.9 Å². The first kappa shape index (κ1) is 25.5. The molecule has 0 atom stereocenters. The molecule has 8 heteroatoms. The number of carbonyl (C=O) groups excluding carboxylic acids is 1. The summed E-state index contributed by atoms with van der Waals surface area (Å²) in [5, 5.41) is 4.09. The monoisotopic (exact) mass is 552 g/mol. The van der Waals surface area contributed by atoms with E-state index in [1.165, 1.54) is 0 Å². The van der Waals surface area contributed by atoms with Gasteiger partial charge in [0.25, 0.3) is 5.91 Å². The molecule has 1 amide bonds. The van der Waals surface area contributed by atoms with E-state index in [0.717, 1.165) is 15.6 Å². The van der Waals surface area contributed by atoms with Gasteiger partial charge in [-0.3, -0.25) is 4.79 Å². The number of nitrogens with zero attached hydrogens (tertiary/aromatic N) is 1. The Morgan fingerprint density at radius 2 is 1.78 bits per heavy atom. The molecule has 172 valence electrons. The predicted octanol–water partition coefficient (Wildman–Crippen LogP) is 5.21. The summed E-state index contributed by atoms with van der Waals surface area (Å²) in [6, 6.07) is 8.77. The van der Waals surface area contributed by atoms with Gasteiger partial charge in [-0.25, -0.2) is 5.43 Å². The fourth-order valence-corrected chi connectivity index (χ4v) is 3.47. The molecule has 2 aromatic carbocycles. The Morgan fingerprint density at radius 3 is 2.47 bits per heavy atom. The van der Waals surface area contributed by atoms with Gasteiger partial charge in [0.15, 0.2) is 23.0 Å². The minimum Gasteiger partial charge on any atom is -0.490 e. The summed E-state index contributed by atoms with van der Waals surface area (Å²) < 4.78 is 23.5. The second-order valence-corrected chi connectivity index (χ2v) is 7.67. The van der Waals surface area contributed by atoms with Gasteiger partial charge in [-0.1, -0.05) is 19.6 Å². The number of carbonyl (C=O) groups is 1. The van der Waals surface area contributed by atoms with Crippen LogP contribution in [0.3, 0.4) is 0 Å². The van der Waals surface area contributed by atoms with Crippen molar-refractivity contribution in [3.05, 3.63) is 57.7 Å². The number of nitrogens with one attached hydrogen (secondary N) is 1. The van der Waals surface area contributed by atoms with Gasteiger partial charge in [0, 0.05) is 5.56 Å². The Hall–Kier alpha value is -2.75. The molecular formula is C24H29IN2O5. The standard InChI is InChI=1S/C24H29IN2O5/c1-5-11-31-20-10-9-18(15-21(20)29-7-3)24(28)27-26-16-17-13-19(25)23(32-12-6-2)22(14-17)30-8-4/h6,9-10,13-16H,2,5,7-8,11-12H2,1,3-4H3,(H,27,28)/b26-16+. The lowest BCUT2D eigenvalue weighted by Crippen LogP contribution is -2.18. The summed E-state index contributed by atoms with van der Waals surface area (Å²) in [6.45, 7) is 11.4. The first-order valence-electron chi connectivity index (χ1n) is 10.5. The Labute approximate surface area is 202 Å². The van der Waals surface area contributed by atoms with E-state index in [-0.39, 0.29) is 5.91 Å². The zero-order valence-corrected chi connectivity index (χ0v) is 20.8.